The zero-order valence-electron chi connectivity index (χ0n) is 16.4. The number of thiazole rings is 1. The van der Waals surface area contributed by atoms with Crippen molar-refractivity contribution in [3.05, 3.63) is 42.0 Å². The molecule has 9 nitrogen and oxygen atoms in total. The minimum absolute atomic E-state index is 0.0345. The molecule has 0 aliphatic carbocycles. The number of nitrogens with one attached hydrogen (secondary N) is 1. The topological polar surface area (TPSA) is 107 Å². The molecule has 0 spiro atoms. The van der Waals surface area contributed by atoms with E-state index in [4.69, 9.17) is 14.2 Å². The predicted octanol–water partition coefficient (Wildman–Crippen LogP) is 2.34. The number of carbonyl (C=O) groups excluding carboxylic acids is 1. The van der Waals surface area contributed by atoms with Crippen molar-refractivity contribution in [2.24, 2.45) is 0 Å². The second-order valence-corrected chi connectivity index (χ2v) is 9.89. The Balaban J connectivity index is 1.43. The number of rotatable bonds is 4. The molecule has 5 rings (SSSR count). The van der Waals surface area contributed by atoms with Crippen LogP contribution in [0.4, 0.5) is 5.13 Å². The molecule has 2 aliphatic heterocycles. The third kappa shape index (κ3) is 3.85. The molecule has 0 unspecified atom stereocenters. The van der Waals surface area contributed by atoms with Gasteiger partial charge in [-0.2, -0.15) is 4.31 Å². The van der Waals surface area contributed by atoms with Gasteiger partial charge in [-0.25, -0.2) is 13.4 Å². The molecule has 1 amide bonds. The highest BCUT2D eigenvalue weighted by atomic mass is 32.2. The standard InChI is InChI=1S/C20H19N3O6S2/c24-19(13-3-1-2-4-18(13)31(25,26)23-5-7-27-8-6-23)22-20-21-14-11-15-16(12-17(14)30-20)29-10-9-28-15/h1-4,11-12H,5-10H2,(H,21,22,24). The summed E-state index contributed by atoms with van der Waals surface area (Å²) in [7, 11) is -3.82. The first-order chi connectivity index (χ1) is 15.0. The Kier molecular flexibility index (Phi) is 5.26. The van der Waals surface area contributed by atoms with E-state index in [9.17, 15) is 13.2 Å². The molecule has 1 fully saturated rings. The van der Waals surface area contributed by atoms with Gasteiger partial charge >= 0.3 is 0 Å². The summed E-state index contributed by atoms with van der Waals surface area (Å²) in [5.74, 6) is 0.717. The summed E-state index contributed by atoms with van der Waals surface area (Å²) in [6.07, 6.45) is 0. The summed E-state index contributed by atoms with van der Waals surface area (Å²) in [6.45, 7) is 2.12. The molecule has 11 heteroatoms. The fourth-order valence-corrected chi connectivity index (χ4v) is 5.96. The van der Waals surface area contributed by atoms with Crippen LogP contribution in [0.1, 0.15) is 10.4 Å². The van der Waals surface area contributed by atoms with Crippen LogP contribution in [-0.4, -0.2) is 63.1 Å². The highest BCUT2D eigenvalue weighted by Crippen LogP contribution is 2.38. The van der Waals surface area contributed by atoms with Crippen molar-refractivity contribution in [1.82, 2.24) is 9.29 Å². The SMILES string of the molecule is O=C(Nc1nc2cc3c(cc2s1)OCCO3)c1ccccc1S(=O)(=O)N1CCOCC1. The van der Waals surface area contributed by atoms with Gasteiger partial charge in [-0.05, 0) is 12.1 Å². The van der Waals surface area contributed by atoms with E-state index in [1.54, 1.807) is 18.2 Å². The summed E-state index contributed by atoms with van der Waals surface area (Å²) >= 11 is 1.28. The molecule has 1 aromatic heterocycles. The first kappa shape index (κ1) is 20.2. The second kappa shape index (κ2) is 8.08. The van der Waals surface area contributed by atoms with Crippen LogP contribution in [0.15, 0.2) is 41.3 Å². The van der Waals surface area contributed by atoms with Gasteiger partial charge in [0.25, 0.3) is 5.91 Å². The average molecular weight is 462 g/mol. The number of morpholine rings is 1. The molecule has 1 saturated heterocycles. The predicted molar refractivity (Wildman–Crippen MR) is 115 cm³/mol. The van der Waals surface area contributed by atoms with Gasteiger partial charge in [-0.15, -0.1) is 0 Å². The minimum atomic E-state index is -3.82. The molecule has 3 aromatic rings. The molecule has 0 saturated carbocycles. The van der Waals surface area contributed by atoms with Gasteiger partial charge in [0.2, 0.25) is 10.0 Å². The highest BCUT2D eigenvalue weighted by molar-refractivity contribution is 7.89. The van der Waals surface area contributed by atoms with Gasteiger partial charge < -0.3 is 14.2 Å². The monoisotopic (exact) mass is 461 g/mol. The van der Waals surface area contributed by atoms with Crippen molar-refractivity contribution in [2.75, 3.05) is 44.8 Å². The van der Waals surface area contributed by atoms with Crippen LogP contribution in [0.5, 0.6) is 11.5 Å². The van der Waals surface area contributed by atoms with E-state index in [1.807, 2.05) is 6.07 Å². The van der Waals surface area contributed by atoms with Crippen LogP contribution in [0.3, 0.4) is 0 Å². The van der Waals surface area contributed by atoms with Gasteiger partial charge in [-0.3, -0.25) is 10.1 Å². The molecule has 31 heavy (non-hydrogen) atoms. The van der Waals surface area contributed by atoms with Crippen molar-refractivity contribution < 1.29 is 27.4 Å². The number of anilines is 1. The zero-order valence-corrected chi connectivity index (χ0v) is 18.0. The Hall–Kier alpha value is -2.73. The van der Waals surface area contributed by atoms with E-state index in [1.165, 1.54) is 27.8 Å². The van der Waals surface area contributed by atoms with Crippen molar-refractivity contribution in [3.63, 3.8) is 0 Å². The number of sulfonamides is 1. The van der Waals surface area contributed by atoms with E-state index < -0.39 is 15.9 Å². The van der Waals surface area contributed by atoms with Gasteiger partial charge in [0.1, 0.15) is 13.2 Å². The lowest BCUT2D eigenvalue weighted by Crippen LogP contribution is -2.41. The first-order valence-corrected chi connectivity index (χ1v) is 12.0. The molecule has 0 radical (unpaired) electrons. The van der Waals surface area contributed by atoms with E-state index in [0.717, 1.165) is 4.70 Å². The number of hydrogen-bond donors (Lipinski definition) is 1. The maximum absolute atomic E-state index is 13.1. The maximum Gasteiger partial charge on any atom is 0.258 e. The summed E-state index contributed by atoms with van der Waals surface area (Å²) in [5, 5.41) is 3.09. The van der Waals surface area contributed by atoms with Gasteiger partial charge in [-0.1, -0.05) is 23.5 Å². The zero-order chi connectivity index (χ0) is 21.4. The van der Waals surface area contributed by atoms with Crippen molar-refractivity contribution in [1.29, 1.82) is 0 Å². The quantitative estimate of drug-likeness (QED) is 0.635. The number of ether oxygens (including phenoxy) is 3. The molecular formula is C20H19N3O6S2. The van der Waals surface area contributed by atoms with Crippen LogP contribution in [0.2, 0.25) is 0 Å². The molecular weight excluding hydrogens is 442 g/mol. The van der Waals surface area contributed by atoms with E-state index in [2.05, 4.69) is 10.3 Å². The Morgan fingerprint density at radius 2 is 1.74 bits per heavy atom. The minimum Gasteiger partial charge on any atom is -0.486 e. The fourth-order valence-electron chi connectivity index (χ4n) is 3.49. The Morgan fingerprint density at radius 3 is 2.52 bits per heavy atom. The number of carbonyl (C=O) groups is 1. The van der Waals surface area contributed by atoms with E-state index >= 15 is 0 Å². The second-order valence-electron chi connectivity index (χ2n) is 6.95. The van der Waals surface area contributed by atoms with Crippen LogP contribution >= 0.6 is 11.3 Å². The fraction of sp³-hybridized carbons (Fsp3) is 0.300. The van der Waals surface area contributed by atoms with Crippen LogP contribution < -0.4 is 14.8 Å². The van der Waals surface area contributed by atoms with Crippen LogP contribution in [-0.2, 0) is 14.8 Å². The highest BCUT2D eigenvalue weighted by Gasteiger charge is 2.30. The van der Waals surface area contributed by atoms with Gasteiger partial charge in [0, 0.05) is 25.2 Å². The van der Waals surface area contributed by atoms with Crippen molar-refractivity contribution in [2.45, 2.75) is 4.90 Å². The lowest BCUT2D eigenvalue weighted by atomic mass is 10.2. The molecule has 0 atom stereocenters. The number of fused-ring (bicyclic) bond motifs is 2. The first-order valence-electron chi connectivity index (χ1n) is 9.71. The Morgan fingerprint density at radius 1 is 1.03 bits per heavy atom. The summed E-state index contributed by atoms with van der Waals surface area (Å²) in [4.78, 5) is 17.4. The van der Waals surface area contributed by atoms with Crippen LogP contribution in [0.25, 0.3) is 10.2 Å². The Bertz CT molecular complexity index is 1210. The number of amides is 1. The summed E-state index contributed by atoms with van der Waals surface area (Å²) in [6, 6.07) is 9.78. The smallest absolute Gasteiger partial charge is 0.258 e. The summed E-state index contributed by atoms with van der Waals surface area (Å²) < 4.78 is 44.8. The average Bonchev–Trinajstić information content (AvgIpc) is 3.18. The number of hydrogen-bond acceptors (Lipinski definition) is 8. The number of aromatic nitrogens is 1. The molecule has 2 aromatic carbocycles. The summed E-state index contributed by atoms with van der Waals surface area (Å²) in [5.41, 5.74) is 0.734. The maximum atomic E-state index is 13.1. The molecule has 2 aliphatic rings. The molecule has 1 N–H and O–H groups in total. The lowest BCUT2D eigenvalue weighted by Gasteiger charge is -2.26. The normalized spacial score (nSPS) is 16.9. The number of benzene rings is 2. The van der Waals surface area contributed by atoms with Crippen LogP contribution in [0, 0.1) is 0 Å². The van der Waals surface area contributed by atoms with Gasteiger partial charge in [0.05, 0.1) is 33.9 Å². The largest absolute Gasteiger partial charge is 0.486 e. The van der Waals surface area contributed by atoms with E-state index in [0.29, 0.717) is 48.6 Å². The third-order valence-corrected chi connectivity index (χ3v) is 7.88. The van der Waals surface area contributed by atoms with Crippen molar-refractivity contribution >= 4 is 42.6 Å². The lowest BCUT2D eigenvalue weighted by molar-refractivity contribution is 0.0730. The third-order valence-electron chi connectivity index (χ3n) is 4.99. The molecule has 3 heterocycles. The van der Waals surface area contributed by atoms with E-state index in [-0.39, 0.29) is 23.5 Å². The number of nitrogens with zero attached hydrogens (tertiary/aromatic N) is 2. The van der Waals surface area contributed by atoms with Crippen molar-refractivity contribution in [3.8, 4) is 11.5 Å². The molecule has 0 bridgehead atoms. The molecule has 162 valence electrons. The Labute approximate surface area is 182 Å². The van der Waals surface area contributed by atoms with Gasteiger partial charge in [0.15, 0.2) is 16.6 Å².